The van der Waals surface area contributed by atoms with Crippen LogP contribution >= 0.6 is 11.3 Å². The van der Waals surface area contributed by atoms with Crippen molar-refractivity contribution in [1.82, 2.24) is 4.98 Å². The fraction of sp³-hybridized carbons (Fsp3) is 0.333. The summed E-state index contributed by atoms with van der Waals surface area (Å²) in [5.74, 6) is 0.552. The van der Waals surface area contributed by atoms with Gasteiger partial charge in [-0.3, -0.25) is 0 Å². The number of thiazole rings is 1. The number of hydrogen-bond donors (Lipinski definition) is 1. The zero-order valence-electron chi connectivity index (χ0n) is 14.3. The largest absolute Gasteiger partial charge is 1.00 e. The number of fused-ring (bicyclic) bond motifs is 1. The van der Waals surface area contributed by atoms with Crippen LogP contribution in [-0.4, -0.2) is 10.1 Å². The number of benzene rings is 1. The van der Waals surface area contributed by atoms with E-state index in [9.17, 15) is 5.11 Å². The van der Waals surface area contributed by atoms with E-state index in [0.717, 1.165) is 28.0 Å². The van der Waals surface area contributed by atoms with Gasteiger partial charge in [0.15, 0.2) is 5.60 Å². The van der Waals surface area contributed by atoms with Gasteiger partial charge in [0, 0.05) is 5.39 Å². The topological polar surface area (TPSA) is 46.3 Å². The minimum atomic E-state index is -1.13. The Morgan fingerprint density at radius 2 is 2.00 bits per heavy atom. The number of rotatable bonds is 3. The van der Waals surface area contributed by atoms with E-state index in [1.54, 1.807) is 12.4 Å². The maximum absolute atomic E-state index is 10.7. The van der Waals surface area contributed by atoms with Crippen molar-refractivity contribution in [2.24, 2.45) is 0 Å². The van der Waals surface area contributed by atoms with Crippen molar-refractivity contribution in [1.29, 1.82) is 0 Å². The van der Waals surface area contributed by atoms with Gasteiger partial charge in [0.05, 0.1) is 16.1 Å². The van der Waals surface area contributed by atoms with Crippen molar-refractivity contribution in [3.8, 4) is 0 Å². The molecule has 0 aliphatic heterocycles. The van der Waals surface area contributed by atoms with Gasteiger partial charge >= 0.3 is 18.9 Å². The van der Waals surface area contributed by atoms with Gasteiger partial charge in [-0.1, -0.05) is 31.5 Å². The first kappa shape index (κ1) is 20.0. The monoisotopic (exact) mass is 323 g/mol. The van der Waals surface area contributed by atoms with Gasteiger partial charge < -0.3 is 16.4 Å². The van der Waals surface area contributed by atoms with Gasteiger partial charge in [0.25, 0.3) is 0 Å². The summed E-state index contributed by atoms with van der Waals surface area (Å²) in [4.78, 5) is 5.00. The van der Waals surface area contributed by atoms with E-state index < -0.39 is 5.60 Å². The van der Waals surface area contributed by atoms with Crippen molar-refractivity contribution in [3.63, 3.8) is 0 Å². The molecular weight excluding hydrogens is 301 g/mol. The molecule has 1 aromatic carbocycles. The Bertz CT molecular complexity index is 698. The zero-order valence-corrected chi connectivity index (χ0v) is 15.1. The maximum atomic E-state index is 10.7. The predicted molar refractivity (Wildman–Crippen MR) is 92.0 cm³/mol. The molecule has 0 radical (unpaired) electrons. The van der Waals surface area contributed by atoms with Crippen LogP contribution in [-0.2, 0) is 5.60 Å². The third kappa shape index (κ3) is 4.49. The van der Waals surface area contributed by atoms with Crippen LogP contribution in [0, 0.1) is 13.8 Å². The van der Waals surface area contributed by atoms with Gasteiger partial charge in [-0.05, 0) is 26.0 Å². The number of furan rings is 1. The SMILES string of the molecule is Cc1ncsc1C(C)(O)c1cc2ccccc2o1.[CH2-]CCC.[Li+]. The Morgan fingerprint density at radius 3 is 2.52 bits per heavy atom. The summed E-state index contributed by atoms with van der Waals surface area (Å²) in [5.41, 5.74) is 2.23. The third-order valence-electron chi connectivity index (χ3n) is 3.45. The molecular formula is C18H22LiNO2S. The Kier molecular flexibility index (Phi) is 7.56. The standard InChI is InChI=1S/C14H13NO2S.C4H9.Li/c1-9-13(18-8-15-9)14(2,16)12-7-10-5-3-4-6-11(10)17-12;1-3-4-2;/h3-8,16H,1-2H3;1,3-4H2,2H3;/q;-1;+1. The number of aromatic nitrogens is 1. The molecule has 0 spiro atoms. The molecule has 23 heavy (non-hydrogen) atoms. The van der Waals surface area contributed by atoms with Crippen LogP contribution in [0.5, 0.6) is 0 Å². The second-order valence-corrected chi connectivity index (χ2v) is 6.20. The van der Waals surface area contributed by atoms with Crippen LogP contribution in [0.25, 0.3) is 11.0 Å². The van der Waals surface area contributed by atoms with Crippen molar-refractivity contribution < 1.29 is 28.4 Å². The zero-order chi connectivity index (χ0) is 16.2. The third-order valence-corrected chi connectivity index (χ3v) is 4.59. The molecule has 3 rings (SSSR count). The first-order valence-electron chi connectivity index (χ1n) is 7.42. The first-order valence-corrected chi connectivity index (χ1v) is 8.29. The van der Waals surface area contributed by atoms with Gasteiger partial charge in [-0.25, -0.2) is 4.98 Å². The molecule has 2 heterocycles. The number of hydrogen-bond acceptors (Lipinski definition) is 4. The molecule has 5 heteroatoms. The van der Waals surface area contributed by atoms with E-state index in [1.807, 2.05) is 37.3 Å². The smallest absolute Gasteiger partial charge is 0.458 e. The number of para-hydroxylation sites is 1. The number of nitrogens with zero attached hydrogens (tertiary/aromatic N) is 1. The van der Waals surface area contributed by atoms with Crippen molar-refractivity contribution in [3.05, 3.63) is 59.1 Å². The van der Waals surface area contributed by atoms with Crippen LogP contribution < -0.4 is 18.9 Å². The minimum absolute atomic E-state index is 0. The molecule has 0 aliphatic rings. The minimum Gasteiger partial charge on any atom is -0.458 e. The quantitative estimate of drug-likeness (QED) is 0.593. The van der Waals surface area contributed by atoms with E-state index in [0.29, 0.717) is 5.76 Å². The van der Waals surface area contributed by atoms with Crippen molar-refractivity contribution in [2.75, 3.05) is 0 Å². The Balaban J connectivity index is 0.000000478. The molecule has 1 atom stereocenters. The Hall–Kier alpha value is -1.05. The summed E-state index contributed by atoms with van der Waals surface area (Å²) in [6.45, 7) is 9.36. The molecule has 3 nitrogen and oxygen atoms in total. The number of unbranched alkanes of at least 4 members (excludes halogenated alkanes) is 1. The average Bonchev–Trinajstić information content (AvgIpc) is 3.13. The van der Waals surface area contributed by atoms with Gasteiger partial charge in [-0.15, -0.1) is 11.3 Å². The van der Waals surface area contributed by atoms with Gasteiger partial charge in [0.1, 0.15) is 11.3 Å². The van der Waals surface area contributed by atoms with Crippen LogP contribution in [0.1, 0.15) is 43.0 Å². The first-order chi connectivity index (χ1) is 10.5. The van der Waals surface area contributed by atoms with Gasteiger partial charge in [-0.2, -0.15) is 6.42 Å². The summed E-state index contributed by atoms with van der Waals surface area (Å²) in [6.07, 6.45) is 2.28. The van der Waals surface area contributed by atoms with Crippen LogP contribution in [0.3, 0.4) is 0 Å². The van der Waals surface area contributed by atoms with Crippen molar-refractivity contribution >= 4 is 22.3 Å². The summed E-state index contributed by atoms with van der Waals surface area (Å²) in [5, 5.41) is 11.7. The van der Waals surface area contributed by atoms with Crippen molar-refractivity contribution in [2.45, 2.75) is 39.2 Å². The van der Waals surface area contributed by atoms with E-state index in [1.165, 1.54) is 17.8 Å². The Labute approximate surface area is 153 Å². The summed E-state index contributed by atoms with van der Waals surface area (Å²) >= 11 is 1.44. The average molecular weight is 323 g/mol. The molecule has 0 saturated carbocycles. The fourth-order valence-corrected chi connectivity index (χ4v) is 2.97. The molecule has 1 N–H and O–H groups in total. The number of aryl methyl sites for hydroxylation is 1. The molecule has 3 aromatic rings. The molecule has 2 aromatic heterocycles. The predicted octanol–water partition coefficient (Wildman–Crippen LogP) is 2.08. The van der Waals surface area contributed by atoms with E-state index >= 15 is 0 Å². The van der Waals surface area contributed by atoms with Crippen LogP contribution in [0.4, 0.5) is 0 Å². The maximum Gasteiger partial charge on any atom is 1.00 e. The fourth-order valence-electron chi connectivity index (χ4n) is 2.10. The molecule has 0 aliphatic carbocycles. The van der Waals surface area contributed by atoms with Gasteiger partial charge in [0.2, 0.25) is 0 Å². The molecule has 0 amide bonds. The molecule has 0 bridgehead atoms. The molecule has 118 valence electrons. The van der Waals surface area contributed by atoms with Crippen LogP contribution in [0.2, 0.25) is 0 Å². The second-order valence-electron chi connectivity index (χ2n) is 5.34. The molecule has 1 unspecified atom stereocenters. The summed E-state index contributed by atoms with van der Waals surface area (Å²) < 4.78 is 5.74. The molecule has 0 fully saturated rings. The Morgan fingerprint density at radius 1 is 1.35 bits per heavy atom. The normalized spacial score (nSPS) is 12.9. The van der Waals surface area contributed by atoms with Crippen LogP contribution in [0.15, 0.2) is 40.3 Å². The van der Waals surface area contributed by atoms with E-state index in [-0.39, 0.29) is 18.9 Å². The number of aliphatic hydroxyl groups is 1. The van der Waals surface area contributed by atoms with E-state index in [4.69, 9.17) is 4.42 Å². The summed E-state index contributed by atoms with van der Waals surface area (Å²) in [7, 11) is 0. The summed E-state index contributed by atoms with van der Waals surface area (Å²) in [6, 6.07) is 9.62. The van der Waals surface area contributed by atoms with E-state index in [2.05, 4.69) is 18.8 Å². The second kappa shape index (κ2) is 8.70. The molecule has 0 saturated heterocycles.